The molecule has 1 aromatic heterocycles. The van der Waals surface area contributed by atoms with Gasteiger partial charge in [-0.3, -0.25) is 0 Å². The molecule has 0 aliphatic rings. The number of anilines is 3. The van der Waals surface area contributed by atoms with E-state index >= 15 is 0 Å². The van der Waals surface area contributed by atoms with Crippen molar-refractivity contribution in [3.8, 4) is 0 Å². The molecule has 16 heavy (non-hydrogen) atoms. The lowest BCUT2D eigenvalue weighted by atomic mass is 10.2. The molecule has 0 saturated carbocycles. The molecule has 0 unspecified atom stereocenters. The Morgan fingerprint density at radius 1 is 1.00 bits per heavy atom. The molecule has 4 N–H and O–H groups in total. The van der Waals surface area contributed by atoms with Crippen molar-refractivity contribution in [3.05, 3.63) is 0 Å². The summed E-state index contributed by atoms with van der Waals surface area (Å²) in [7, 11) is 1.93. The molecule has 0 amide bonds. The largest absolute Gasteiger partial charge is 0.368 e. The number of hydrogen-bond acceptors (Lipinski definition) is 6. The van der Waals surface area contributed by atoms with Crippen molar-refractivity contribution in [2.45, 2.75) is 32.6 Å². The number of unbranched alkanes of at least 4 members (excludes halogenated alkanes) is 3. The van der Waals surface area contributed by atoms with Crippen LogP contribution in [0.2, 0.25) is 0 Å². The fraction of sp³-hybridized carbons (Fsp3) is 0.700. The smallest absolute Gasteiger partial charge is 0.231 e. The monoisotopic (exact) mass is 224 g/mol. The van der Waals surface area contributed by atoms with Crippen molar-refractivity contribution in [3.63, 3.8) is 0 Å². The second kappa shape index (κ2) is 6.09. The van der Waals surface area contributed by atoms with Crippen molar-refractivity contribution >= 4 is 17.8 Å². The number of nitrogens with two attached hydrogens (primary N) is 2. The molecule has 90 valence electrons. The van der Waals surface area contributed by atoms with Gasteiger partial charge in [-0.05, 0) is 6.42 Å². The van der Waals surface area contributed by atoms with E-state index in [9.17, 15) is 0 Å². The second-order valence-electron chi connectivity index (χ2n) is 3.83. The van der Waals surface area contributed by atoms with Crippen LogP contribution in [0.15, 0.2) is 0 Å². The molecule has 0 aliphatic carbocycles. The topological polar surface area (TPSA) is 94.0 Å². The van der Waals surface area contributed by atoms with Gasteiger partial charge < -0.3 is 16.4 Å². The average Bonchev–Trinajstić information content (AvgIpc) is 2.22. The normalized spacial score (nSPS) is 10.4. The Morgan fingerprint density at radius 3 is 2.19 bits per heavy atom. The van der Waals surface area contributed by atoms with E-state index in [2.05, 4.69) is 21.9 Å². The molecule has 1 rings (SSSR count). The number of nitrogens with zero attached hydrogens (tertiary/aromatic N) is 4. The zero-order chi connectivity index (χ0) is 12.0. The second-order valence-corrected chi connectivity index (χ2v) is 3.83. The van der Waals surface area contributed by atoms with E-state index in [4.69, 9.17) is 11.5 Å². The molecule has 1 aromatic rings. The van der Waals surface area contributed by atoms with Crippen molar-refractivity contribution in [2.75, 3.05) is 30.0 Å². The minimum Gasteiger partial charge on any atom is -0.368 e. The van der Waals surface area contributed by atoms with Gasteiger partial charge in [0.1, 0.15) is 0 Å². The number of aromatic nitrogens is 3. The number of nitrogen functional groups attached to an aromatic ring is 2. The minimum atomic E-state index is 0.169. The third-order valence-corrected chi connectivity index (χ3v) is 2.35. The van der Waals surface area contributed by atoms with Crippen LogP contribution in [0.4, 0.5) is 17.8 Å². The highest BCUT2D eigenvalue weighted by Crippen LogP contribution is 2.09. The highest BCUT2D eigenvalue weighted by molar-refractivity contribution is 5.38. The van der Waals surface area contributed by atoms with Gasteiger partial charge in [-0.2, -0.15) is 15.0 Å². The van der Waals surface area contributed by atoms with Crippen molar-refractivity contribution in [1.29, 1.82) is 0 Å². The molecule has 0 spiro atoms. The Kier molecular flexibility index (Phi) is 4.75. The SMILES string of the molecule is CCCCCCN(C)c1nc(N)nc(N)n1. The molecule has 0 saturated heterocycles. The van der Waals surface area contributed by atoms with Crippen LogP contribution in [0.5, 0.6) is 0 Å². The first-order chi connectivity index (χ1) is 7.63. The third kappa shape index (κ3) is 3.88. The Morgan fingerprint density at radius 2 is 1.62 bits per heavy atom. The van der Waals surface area contributed by atoms with Gasteiger partial charge in [-0.15, -0.1) is 0 Å². The van der Waals surface area contributed by atoms with Crippen LogP contribution in [0.1, 0.15) is 32.6 Å². The lowest BCUT2D eigenvalue weighted by Gasteiger charge is -2.16. The molecular weight excluding hydrogens is 204 g/mol. The Labute approximate surface area is 96.1 Å². The summed E-state index contributed by atoms with van der Waals surface area (Å²) in [6, 6.07) is 0. The van der Waals surface area contributed by atoms with Gasteiger partial charge in [-0.25, -0.2) is 0 Å². The first kappa shape index (κ1) is 12.5. The van der Waals surface area contributed by atoms with E-state index in [1.54, 1.807) is 0 Å². The van der Waals surface area contributed by atoms with Crippen molar-refractivity contribution < 1.29 is 0 Å². The summed E-state index contributed by atoms with van der Waals surface area (Å²) in [5.41, 5.74) is 11.0. The first-order valence-corrected chi connectivity index (χ1v) is 5.61. The zero-order valence-electron chi connectivity index (χ0n) is 9.98. The predicted octanol–water partition coefficient (Wildman–Crippen LogP) is 1.05. The van der Waals surface area contributed by atoms with Crippen LogP contribution in [0, 0.1) is 0 Å². The first-order valence-electron chi connectivity index (χ1n) is 5.61. The van der Waals surface area contributed by atoms with Gasteiger partial charge in [0.05, 0.1) is 0 Å². The molecule has 0 fully saturated rings. The van der Waals surface area contributed by atoms with Gasteiger partial charge in [-0.1, -0.05) is 26.2 Å². The average molecular weight is 224 g/mol. The van der Waals surface area contributed by atoms with E-state index < -0.39 is 0 Å². The summed E-state index contributed by atoms with van der Waals surface area (Å²) in [4.78, 5) is 13.8. The summed E-state index contributed by atoms with van der Waals surface area (Å²) in [5.74, 6) is 0.882. The zero-order valence-corrected chi connectivity index (χ0v) is 9.98. The Bertz CT molecular complexity index is 307. The summed E-state index contributed by atoms with van der Waals surface area (Å²) >= 11 is 0. The fourth-order valence-corrected chi connectivity index (χ4v) is 1.44. The summed E-state index contributed by atoms with van der Waals surface area (Å²) in [6.45, 7) is 3.10. The van der Waals surface area contributed by atoms with Crippen LogP contribution in [0.3, 0.4) is 0 Å². The van der Waals surface area contributed by atoms with Gasteiger partial charge in [0.15, 0.2) is 0 Å². The van der Waals surface area contributed by atoms with E-state index in [0.717, 1.165) is 13.0 Å². The third-order valence-electron chi connectivity index (χ3n) is 2.35. The van der Waals surface area contributed by atoms with Crippen LogP contribution >= 0.6 is 0 Å². The van der Waals surface area contributed by atoms with E-state index in [1.165, 1.54) is 19.3 Å². The maximum absolute atomic E-state index is 5.50. The van der Waals surface area contributed by atoms with Gasteiger partial charge in [0.25, 0.3) is 0 Å². The molecule has 0 aromatic carbocycles. The maximum Gasteiger partial charge on any atom is 0.231 e. The minimum absolute atomic E-state index is 0.169. The van der Waals surface area contributed by atoms with Gasteiger partial charge >= 0.3 is 0 Å². The quantitative estimate of drug-likeness (QED) is 0.701. The van der Waals surface area contributed by atoms with E-state index in [1.807, 2.05) is 11.9 Å². The standard InChI is InChI=1S/C10H20N6/c1-3-4-5-6-7-16(2)10-14-8(11)13-9(12)15-10/h3-7H2,1-2H3,(H4,11,12,13,14,15). The van der Waals surface area contributed by atoms with Crippen LogP contribution in [-0.2, 0) is 0 Å². The summed E-state index contributed by atoms with van der Waals surface area (Å²) in [5, 5.41) is 0. The summed E-state index contributed by atoms with van der Waals surface area (Å²) < 4.78 is 0. The predicted molar refractivity (Wildman–Crippen MR) is 66.1 cm³/mol. The molecule has 0 bridgehead atoms. The Hall–Kier alpha value is -1.59. The summed E-state index contributed by atoms with van der Waals surface area (Å²) in [6.07, 6.45) is 4.83. The van der Waals surface area contributed by atoms with Gasteiger partial charge in [0.2, 0.25) is 17.8 Å². The molecule has 6 heteroatoms. The highest BCUT2D eigenvalue weighted by atomic mass is 15.3. The lowest BCUT2D eigenvalue weighted by Crippen LogP contribution is -2.22. The van der Waals surface area contributed by atoms with E-state index in [0.29, 0.717) is 5.95 Å². The maximum atomic E-state index is 5.50. The molecular formula is C10H20N6. The lowest BCUT2D eigenvalue weighted by molar-refractivity contribution is 0.656. The van der Waals surface area contributed by atoms with Crippen LogP contribution in [0.25, 0.3) is 0 Å². The Balaban J connectivity index is 2.48. The van der Waals surface area contributed by atoms with Crippen molar-refractivity contribution in [1.82, 2.24) is 15.0 Å². The van der Waals surface area contributed by atoms with Crippen molar-refractivity contribution in [2.24, 2.45) is 0 Å². The molecule has 0 aliphatic heterocycles. The molecule has 0 atom stereocenters. The molecule has 6 nitrogen and oxygen atoms in total. The van der Waals surface area contributed by atoms with Crippen LogP contribution < -0.4 is 16.4 Å². The highest BCUT2D eigenvalue weighted by Gasteiger charge is 2.06. The fourth-order valence-electron chi connectivity index (χ4n) is 1.44. The molecule has 1 heterocycles. The number of rotatable bonds is 6. The van der Waals surface area contributed by atoms with E-state index in [-0.39, 0.29) is 11.9 Å². The van der Waals surface area contributed by atoms with Crippen LogP contribution in [-0.4, -0.2) is 28.5 Å². The number of hydrogen-bond donors (Lipinski definition) is 2. The molecule has 0 radical (unpaired) electrons. The van der Waals surface area contributed by atoms with Gasteiger partial charge in [0, 0.05) is 13.6 Å².